The first-order valence-electron chi connectivity index (χ1n) is 7.11. The maximum Gasteiger partial charge on any atom is 0.262 e. The van der Waals surface area contributed by atoms with Crippen LogP contribution in [0.1, 0.15) is 44.9 Å². The molecule has 5 nitrogen and oxygen atoms in total. The molecule has 2 aromatic rings. The van der Waals surface area contributed by atoms with Crippen molar-refractivity contribution < 1.29 is 13.2 Å². The fourth-order valence-corrected chi connectivity index (χ4v) is 4.25. The predicted octanol–water partition coefficient (Wildman–Crippen LogP) is 2.81. The number of hydrogen-bond donors (Lipinski definition) is 2. The predicted molar refractivity (Wildman–Crippen MR) is 92.2 cm³/mol. The van der Waals surface area contributed by atoms with Crippen LogP contribution in [0.25, 0.3) is 0 Å². The van der Waals surface area contributed by atoms with E-state index in [9.17, 15) is 13.2 Å². The molecule has 0 bridgehead atoms. The van der Waals surface area contributed by atoms with Crippen molar-refractivity contribution >= 4 is 27.3 Å². The maximum atomic E-state index is 12.4. The van der Waals surface area contributed by atoms with Crippen LogP contribution in [0.3, 0.4) is 0 Å². The lowest BCUT2D eigenvalue weighted by Crippen LogP contribution is -2.27. The Morgan fingerprint density at radius 3 is 2.39 bits per heavy atom. The minimum Gasteiger partial charge on any atom is -0.345 e. The highest BCUT2D eigenvalue weighted by Crippen LogP contribution is 2.26. The highest BCUT2D eigenvalue weighted by molar-refractivity contribution is 7.91. The highest BCUT2D eigenvalue weighted by Gasteiger charge is 2.21. The molecule has 7 heteroatoms. The Labute approximate surface area is 140 Å². The molecule has 1 unspecified atom stereocenters. The lowest BCUT2D eigenvalue weighted by atomic mass is 10.00. The van der Waals surface area contributed by atoms with E-state index >= 15 is 0 Å². The number of aryl methyl sites for hydroxylation is 3. The summed E-state index contributed by atoms with van der Waals surface area (Å²) >= 11 is 0.894. The van der Waals surface area contributed by atoms with Gasteiger partial charge in [-0.1, -0.05) is 23.8 Å². The zero-order chi connectivity index (χ0) is 17.4. The number of hydrogen-bond acceptors (Lipinski definition) is 4. The molecule has 0 aliphatic carbocycles. The molecule has 0 radical (unpaired) electrons. The minimum absolute atomic E-state index is 0.000427. The van der Waals surface area contributed by atoms with Crippen molar-refractivity contribution in [3.8, 4) is 0 Å². The van der Waals surface area contributed by atoms with Gasteiger partial charge in [-0.3, -0.25) is 4.79 Å². The fraction of sp³-hybridized carbons (Fsp3) is 0.312. The molecule has 1 aromatic heterocycles. The van der Waals surface area contributed by atoms with E-state index in [4.69, 9.17) is 5.14 Å². The minimum atomic E-state index is -3.79. The van der Waals surface area contributed by atoms with Gasteiger partial charge in [0.05, 0.1) is 10.9 Å². The molecule has 1 atom stereocenters. The average Bonchev–Trinajstić information content (AvgIpc) is 2.83. The topological polar surface area (TPSA) is 89.3 Å². The number of primary sulfonamides is 1. The molecular weight excluding hydrogens is 332 g/mol. The number of sulfonamides is 1. The maximum absolute atomic E-state index is 12.4. The van der Waals surface area contributed by atoms with Crippen LogP contribution >= 0.6 is 11.3 Å². The Bertz CT molecular complexity index is 854. The molecule has 0 saturated heterocycles. The van der Waals surface area contributed by atoms with Crippen LogP contribution in [-0.4, -0.2) is 14.3 Å². The van der Waals surface area contributed by atoms with Crippen LogP contribution in [0.15, 0.2) is 28.5 Å². The Balaban J connectivity index is 2.25. The smallest absolute Gasteiger partial charge is 0.262 e. The summed E-state index contributed by atoms with van der Waals surface area (Å²) in [7, 11) is -3.79. The zero-order valence-corrected chi connectivity index (χ0v) is 15.1. The molecule has 0 aliphatic rings. The third-order valence-corrected chi connectivity index (χ3v) is 6.29. The Morgan fingerprint density at radius 1 is 1.17 bits per heavy atom. The van der Waals surface area contributed by atoms with Gasteiger partial charge in [-0.25, -0.2) is 13.6 Å². The quantitative estimate of drug-likeness (QED) is 0.886. The van der Waals surface area contributed by atoms with Crippen LogP contribution in [0.5, 0.6) is 0 Å². The van der Waals surface area contributed by atoms with E-state index in [-0.39, 0.29) is 16.2 Å². The first-order valence-corrected chi connectivity index (χ1v) is 9.47. The molecule has 3 N–H and O–H groups in total. The van der Waals surface area contributed by atoms with Gasteiger partial charge in [0.25, 0.3) is 5.91 Å². The van der Waals surface area contributed by atoms with Gasteiger partial charge >= 0.3 is 0 Å². The van der Waals surface area contributed by atoms with Crippen LogP contribution in [0, 0.1) is 20.8 Å². The molecule has 23 heavy (non-hydrogen) atoms. The summed E-state index contributed by atoms with van der Waals surface area (Å²) < 4.78 is 22.8. The van der Waals surface area contributed by atoms with E-state index in [2.05, 4.69) is 5.32 Å². The standard InChI is InChI=1S/C16H20N2O3S2/c1-9-5-6-10(2)13(7-9)12(4)18-16(19)15-11(3)8-14(22-15)23(17,20)21/h5-8,12H,1-4H3,(H,18,19)(H2,17,20,21). The molecule has 2 rings (SSSR count). The van der Waals surface area contributed by atoms with Crippen molar-refractivity contribution in [3.63, 3.8) is 0 Å². The van der Waals surface area contributed by atoms with Gasteiger partial charge in [0, 0.05) is 0 Å². The zero-order valence-electron chi connectivity index (χ0n) is 13.5. The SMILES string of the molecule is Cc1ccc(C)c(C(C)NC(=O)c2sc(S(N)(=O)=O)cc2C)c1. The van der Waals surface area contributed by atoms with Gasteiger partial charge in [-0.05, 0) is 50.5 Å². The molecule has 124 valence electrons. The Morgan fingerprint density at radius 2 is 1.83 bits per heavy atom. The fourth-order valence-electron chi connectivity index (χ4n) is 2.38. The van der Waals surface area contributed by atoms with Crippen molar-refractivity contribution in [1.82, 2.24) is 5.32 Å². The van der Waals surface area contributed by atoms with Gasteiger partial charge in [0.1, 0.15) is 4.21 Å². The summed E-state index contributed by atoms with van der Waals surface area (Å²) in [4.78, 5) is 12.8. The van der Waals surface area contributed by atoms with Crippen LogP contribution in [-0.2, 0) is 10.0 Å². The van der Waals surface area contributed by atoms with E-state index in [0.717, 1.165) is 28.0 Å². The monoisotopic (exact) mass is 352 g/mol. The second-order valence-electron chi connectivity index (χ2n) is 5.68. The number of thiophene rings is 1. The number of nitrogens with two attached hydrogens (primary N) is 1. The van der Waals surface area contributed by atoms with Crippen molar-refractivity contribution in [2.24, 2.45) is 5.14 Å². The summed E-state index contributed by atoms with van der Waals surface area (Å²) in [6.07, 6.45) is 0. The van der Waals surface area contributed by atoms with Gasteiger partial charge in [0.15, 0.2) is 0 Å². The molecule has 1 amide bonds. The molecule has 0 fully saturated rings. The number of benzene rings is 1. The molecule has 0 spiro atoms. The first-order chi connectivity index (χ1) is 10.6. The summed E-state index contributed by atoms with van der Waals surface area (Å²) in [6.45, 7) is 7.60. The Hall–Kier alpha value is -1.70. The normalized spacial score (nSPS) is 12.9. The summed E-state index contributed by atoms with van der Waals surface area (Å²) in [5.41, 5.74) is 3.86. The number of carbonyl (C=O) groups excluding carboxylic acids is 1. The molecular formula is C16H20N2O3S2. The first kappa shape index (κ1) is 17.7. The number of nitrogens with one attached hydrogen (secondary N) is 1. The van der Waals surface area contributed by atoms with E-state index < -0.39 is 10.0 Å². The second kappa shape index (κ2) is 6.43. The largest absolute Gasteiger partial charge is 0.345 e. The number of carbonyl (C=O) groups is 1. The number of amides is 1. The van der Waals surface area contributed by atoms with Gasteiger partial charge < -0.3 is 5.32 Å². The Kier molecular flexibility index (Phi) is 4.93. The van der Waals surface area contributed by atoms with Crippen LogP contribution in [0.4, 0.5) is 0 Å². The van der Waals surface area contributed by atoms with Crippen molar-refractivity contribution in [1.29, 1.82) is 0 Å². The van der Waals surface area contributed by atoms with E-state index in [1.54, 1.807) is 6.92 Å². The van der Waals surface area contributed by atoms with Crippen LogP contribution < -0.4 is 10.5 Å². The number of rotatable bonds is 4. The van der Waals surface area contributed by atoms with Gasteiger partial charge in [0.2, 0.25) is 10.0 Å². The lowest BCUT2D eigenvalue weighted by Gasteiger charge is -2.17. The third-order valence-electron chi connectivity index (χ3n) is 3.63. The molecule has 0 aliphatic heterocycles. The summed E-state index contributed by atoms with van der Waals surface area (Å²) in [5.74, 6) is -0.296. The van der Waals surface area contributed by atoms with Gasteiger partial charge in [-0.2, -0.15) is 0 Å². The molecule has 0 saturated carbocycles. The summed E-state index contributed by atoms with van der Waals surface area (Å²) in [6, 6.07) is 7.33. The highest BCUT2D eigenvalue weighted by atomic mass is 32.2. The van der Waals surface area contributed by atoms with Crippen molar-refractivity contribution in [2.45, 2.75) is 37.9 Å². The lowest BCUT2D eigenvalue weighted by molar-refractivity contribution is 0.0943. The summed E-state index contributed by atoms with van der Waals surface area (Å²) in [5, 5.41) is 8.04. The molecule has 1 aromatic carbocycles. The molecule has 1 heterocycles. The average molecular weight is 352 g/mol. The second-order valence-corrected chi connectivity index (χ2v) is 8.52. The van der Waals surface area contributed by atoms with Crippen LogP contribution in [0.2, 0.25) is 0 Å². The van der Waals surface area contributed by atoms with Crippen molar-refractivity contribution in [3.05, 3.63) is 51.4 Å². The van der Waals surface area contributed by atoms with Gasteiger partial charge in [-0.15, -0.1) is 11.3 Å². The van der Waals surface area contributed by atoms with E-state index in [1.807, 2.05) is 39.0 Å². The van der Waals surface area contributed by atoms with Crippen molar-refractivity contribution in [2.75, 3.05) is 0 Å². The van der Waals surface area contributed by atoms with E-state index in [0.29, 0.717) is 10.4 Å². The third kappa shape index (κ3) is 3.99. The van der Waals surface area contributed by atoms with E-state index in [1.165, 1.54) is 6.07 Å².